The topological polar surface area (TPSA) is 43.1 Å². The van der Waals surface area contributed by atoms with Crippen LogP contribution in [0.4, 0.5) is 0 Å². The number of aryl methyl sites for hydroxylation is 1. The standard InChI is InChI=1S/C13H11ClN4S/c1-9-7-12(19-14)18-13(15-9)16-11(17-18)8-10-5-3-2-4-6-10/h2-7H,8H2,1H3. The smallest absolute Gasteiger partial charge is 0.216 e. The first-order valence-corrected chi connectivity index (χ1v) is 7.46. The molecule has 6 heteroatoms. The molecule has 0 saturated carbocycles. The summed E-state index contributed by atoms with van der Waals surface area (Å²) in [6.07, 6.45) is 0.690. The molecule has 96 valence electrons. The molecule has 2 aromatic heterocycles. The fraction of sp³-hybridized carbons (Fsp3) is 0.154. The van der Waals surface area contributed by atoms with Crippen molar-refractivity contribution in [1.29, 1.82) is 0 Å². The van der Waals surface area contributed by atoms with E-state index in [9.17, 15) is 0 Å². The van der Waals surface area contributed by atoms with Gasteiger partial charge in [0.05, 0.1) is 0 Å². The van der Waals surface area contributed by atoms with Crippen molar-refractivity contribution < 1.29 is 0 Å². The molecular weight excluding hydrogens is 280 g/mol. The van der Waals surface area contributed by atoms with E-state index in [1.807, 2.05) is 31.2 Å². The van der Waals surface area contributed by atoms with Gasteiger partial charge in [-0.2, -0.15) is 9.50 Å². The highest BCUT2D eigenvalue weighted by molar-refractivity contribution is 8.21. The Bertz CT molecular complexity index is 711. The summed E-state index contributed by atoms with van der Waals surface area (Å²) in [5, 5.41) is 5.29. The first-order valence-electron chi connectivity index (χ1n) is 5.82. The molecule has 0 radical (unpaired) electrons. The van der Waals surface area contributed by atoms with Gasteiger partial charge in [0.1, 0.15) is 5.03 Å². The van der Waals surface area contributed by atoms with Crippen molar-refractivity contribution in [2.45, 2.75) is 18.4 Å². The predicted octanol–water partition coefficient (Wildman–Crippen LogP) is 3.27. The van der Waals surface area contributed by atoms with Gasteiger partial charge in [0.15, 0.2) is 5.82 Å². The minimum absolute atomic E-state index is 0.592. The zero-order valence-corrected chi connectivity index (χ0v) is 11.8. The lowest BCUT2D eigenvalue weighted by atomic mass is 10.1. The molecular formula is C13H11ClN4S. The Kier molecular flexibility index (Phi) is 3.40. The molecule has 0 atom stereocenters. The molecule has 0 bridgehead atoms. The molecule has 19 heavy (non-hydrogen) atoms. The minimum atomic E-state index is 0.592. The van der Waals surface area contributed by atoms with Crippen molar-refractivity contribution >= 4 is 27.4 Å². The van der Waals surface area contributed by atoms with Gasteiger partial charge in [-0.15, -0.1) is 5.10 Å². The van der Waals surface area contributed by atoms with Crippen LogP contribution in [0.2, 0.25) is 0 Å². The van der Waals surface area contributed by atoms with Crippen LogP contribution in [0.3, 0.4) is 0 Å². The predicted molar refractivity (Wildman–Crippen MR) is 76.5 cm³/mol. The lowest BCUT2D eigenvalue weighted by Gasteiger charge is -1.98. The van der Waals surface area contributed by atoms with Gasteiger partial charge in [-0.25, -0.2) is 4.98 Å². The SMILES string of the molecule is Cc1cc(SCl)n2nc(Cc3ccccc3)nc2n1. The molecule has 0 aliphatic heterocycles. The molecule has 3 aromatic rings. The van der Waals surface area contributed by atoms with Crippen molar-refractivity contribution in [3.8, 4) is 0 Å². The van der Waals surface area contributed by atoms with Crippen LogP contribution in [-0.4, -0.2) is 19.6 Å². The molecule has 4 nitrogen and oxygen atoms in total. The van der Waals surface area contributed by atoms with Crippen molar-refractivity contribution in [3.05, 3.63) is 53.5 Å². The molecule has 0 aliphatic carbocycles. The summed E-state index contributed by atoms with van der Waals surface area (Å²) in [5.41, 5.74) is 2.06. The maximum absolute atomic E-state index is 5.85. The highest BCUT2D eigenvalue weighted by Gasteiger charge is 2.10. The van der Waals surface area contributed by atoms with Crippen LogP contribution in [-0.2, 0) is 6.42 Å². The molecule has 3 rings (SSSR count). The number of rotatable bonds is 3. The van der Waals surface area contributed by atoms with Crippen molar-refractivity contribution in [1.82, 2.24) is 19.6 Å². The first-order chi connectivity index (χ1) is 9.26. The van der Waals surface area contributed by atoms with E-state index in [1.165, 1.54) is 5.56 Å². The molecule has 0 fully saturated rings. The Morgan fingerprint density at radius 1 is 1.21 bits per heavy atom. The highest BCUT2D eigenvalue weighted by atomic mass is 35.7. The Balaban J connectivity index is 2.02. The molecule has 0 amide bonds. The minimum Gasteiger partial charge on any atom is -0.216 e. The third-order valence-electron chi connectivity index (χ3n) is 2.74. The number of fused-ring (bicyclic) bond motifs is 1. The van der Waals surface area contributed by atoms with Crippen LogP contribution in [0.1, 0.15) is 17.1 Å². The van der Waals surface area contributed by atoms with Gasteiger partial charge in [0.25, 0.3) is 5.78 Å². The van der Waals surface area contributed by atoms with Gasteiger partial charge in [-0.1, -0.05) is 30.3 Å². The fourth-order valence-electron chi connectivity index (χ4n) is 1.90. The lowest BCUT2D eigenvalue weighted by molar-refractivity contribution is 0.813. The number of nitrogens with zero attached hydrogens (tertiary/aromatic N) is 4. The summed E-state index contributed by atoms with van der Waals surface area (Å²) in [7, 11) is 6.97. The van der Waals surface area contributed by atoms with Crippen molar-refractivity contribution in [2.75, 3.05) is 0 Å². The van der Waals surface area contributed by atoms with Gasteiger partial charge >= 0.3 is 0 Å². The number of halogens is 1. The van der Waals surface area contributed by atoms with Crippen LogP contribution in [0.5, 0.6) is 0 Å². The van der Waals surface area contributed by atoms with Crippen molar-refractivity contribution in [2.24, 2.45) is 0 Å². The molecule has 0 unspecified atom stereocenters. The lowest BCUT2D eigenvalue weighted by Crippen LogP contribution is -1.96. The number of hydrogen-bond donors (Lipinski definition) is 0. The molecule has 0 aliphatic rings. The van der Waals surface area contributed by atoms with E-state index in [0.29, 0.717) is 12.2 Å². The van der Waals surface area contributed by atoms with E-state index in [0.717, 1.165) is 27.5 Å². The quantitative estimate of drug-likeness (QED) is 0.694. The van der Waals surface area contributed by atoms with Gasteiger partial charge in [-0.05, 0) is 29.2 Å². The van der Waals surface area contributed by atoms with E-state index in [-0.39, 0.29) is 0 Å². The fourth-order valence-corrected chi connectivity index (χ4v) is 2.64. The maximum atomic E-state index is 5.85. The summed E-state index contributed by atoms with van der Waals surface area (Å²) >= 11 is 0. The Labute approximate surface area is 119 Å². The summed E-state index contributed by atoms with van der Waals surface area (Å²) in [4.78, 5) is 8.81. The summed E-state index contributed by atoms with van der Waals surface area (Å²) in [6.45, 7) is 1.92. The third kappa shape index (κ3) is 2.57. The summed E-state index contributed by atoms with van der Waals surface area (Å²) < 4.78 is 1.68. The maximum Gasteiger partial charge on any atom is 0.253 e. The van der Waals surface area contributed by atoms with Gasteiger partial charge in [0, 0.05) is 23.1 Å². The second kappa shape index (κ2) is 5.19. The van der Waals surface area contributed by atoms with E-state index in [4.69, 9.17) is 10.7 Å². The van der Waals surface area contributed by atoms with Crippen LogP contribution in [0.25, 0.3) is 5.78 Å². The average molecular weight is 291 g/mol. The monoisotopic (exact) mass is 290 g/mol. The Morgan fingerprint density at radius 3 is 2.74 bits per heavy atom. The van der Waals surface area contributed by atoms with Gasteiger partial charge in [-0.3, -0.25) is 0 Å². The van der Waals surface area contributed by atoms with Gasteiger partial charge < -0.3 is 0 Å². The molecule has 0 saturated heterocycles. The van der Waals surface area contributed by atoms with E-state index >= 15 is 0 Å². The molecule has 1 aromatic carbocycles. The second-order valence-electron chi connectivity index (χ2n) is 4.22. The zero-order valence-electron chi connectivity index (χ0n) is 10.2. The highest BCUT2D eigenvalue weighted by Crippen LogP contribution is 2.22. The molecule has 0 spiro atoms. The van der Waals surface area contributed by atoms with E-state index in [2.05, 4.69) is 27.2 Å². The van der Waals surface area contributed by atoms with Crippen molar-refractivity contribution in [3.63, 3.8) is 0 Å². The van der Waals surface area contributed by atoms with Crippen LogP contribution in [0.15, 0.2) is 41.4 Å². The van der Waals surface area contributed by atoms with E-state index < -0.39 is 0 Å². The second-order valence-corrected chi connectivity index (χ2v) is 5.25. The number of benzene rings is 1. The largest absolute Gasteiger partial charge is 0.253 e. The first kappa shape index (κ1) is 12.4. The van der Waals surface area contributed by atoms with Gasteiger partial charge in [0.2, 0.25) is 0 Å². The molecule has 2 heterocycles. The van der Waals surface area contributed by atoms with Crippen LogP contribution < -0.4 is 0 Å². The zero-order chi connectivity index (χ0) is 13.2. The third-order valence-corrected chi connectivity index (χ3v) is 3.66. The molecule has 0 N–H and O–H groups in total. The Hall–Kier alpha value is -1.59. The normalized spacial score (nSPS) is 11.1. The van der Waals surface area contributed by atoms with Crippen LogP contribution >= 0.6 is 21.7 Å². The number of hydrogen-bond acceptors (Lipinski definition) is 4. The van der Waals surface area contributed by atoms with E-state index in [1.54, 1.807) is 4.52 Å². The number of aromatic nitrogens is 4. The van der Waals surface area contributed by atoms with Crippen LogP contribution in [0, 0.1) is 6.92 Å². The average Bonchev–Trinajstić information content (AvgIpc) is 2.81. The summed E-state index contributed by atoms with van der Waals surface area (Å²) in [6, 6.07) is 12.0. The summed E-state index contributed by atoms with van der Waals surface area (Å²) in [5.74, 6) is 1.34. The Morgan fingerprint density at radius 2 is 2.00 bits per heavy atom.